The fraction of sp³-hybridized carbons (Fsp3) is 0.906. The number of rotatable bonds is 19. The van der Waals surface area contributed by atoms with E-state index in [1.54, 1.807) is 0 Å². The van der Waals surface area contributed by atoms with Gasteiger partial charge in [0.15, 0.2) is 0 Å². The number of hydrogen-bond acceptors (Lipinski definition) is 8. The normalized spacial score (nSPS) is 21.2. The first-order valence-corrected chi connectivity index (χ1v) is 41.1. The van der Waals surface area contributed by atoms with E-state index < -0.39 is 0 Å². The van der Waals surface area contributed by atoms with Gasteiger partial charge in [0.1, 0.15) is 0 Å². The maximum Gasteiger partial charge on any atom is 0.222 e. The average Bonchev–Trinajstić information content (AvgIpc) is 2.63. The topological polar surface area (TPSA) is 92.4 Å². The number of piperidine rings is 4. The SMILES string of the molecule is CC(C)CC(=O)N1CCCCC1.CC(C)CC1CCCNC1.CC(C)CC1CNCCO1.CC(C)CCN1CCNCC1.CCC.CCC(=O)N1CCC(C(C)C)CC1.CCC(C)C.CCC1CCC(CC(C)C)CC1.CCCN1CCC(CC(C)C)CC1.c1ccccc1. The monoisotopic (exact) mass is 1340 g/mol. The molecule has 1 saturated carbocycles. The molecular formula is C85H171N7O3. The number of benzene rings is 1. The quantitative estimate of drug-likeness (QED) is 0.126. The van der Waals surface area contributed by atoms with Gasteiger partial charge < -0.3 is 40.3 Å². The molecule has 6 heterocycles. The van der Waals surface area contributed by atoms with Crippen molar-refractivity contribution in [1.82, 2.24) is 35.6 Å². The van der Waals surface area contributed by atoms with Crippen LogP contribution in [0.1, 0.15) is 306 Å². The molecule has 1 aromatic rings. The van der Waals surface area contributed by atoms with Gasteiger partial charge in [0.2, 0.25) is 11.8 Å². The van der Waals surface area contributed by atoms with Crippen molar-refractivity contribution >= 4 is 11.8 Å². The number of likely N-dealkylation sites (tertiary alicyclic amines) is 3. The van der Waals surface area contributed by atoms with Gasteiger partial charge in [-0.1, -0.05) is 234 Å². The summed E-state index contributed by atoms with van der Waals surface area (Å²) in [6, 6.07) is 12.0. The number of morpholine rings is 1. The highest BCUT2D eigenvalue weighted by atomic mass is 16.5. The second kappa shape index (κ2) is 64.0. The fourth-order valence-corrected chi connectivity index (χ4v) is 13.5. The molecule has 0 bridgehead atoms. The van der Waals surface area contributed by atoms with Gasteiger partial charge in [-0.2, -0.15) is 0 Å². The van der Waals surface area contributed by atoms with Crippen LogP contribution < -0.4 is 16.0 Å². The molecule has 0 radical (unpaired) electrons. The van der Waals surface area contributed by atoms with Crippen molar-refractivity contribution in [2.24, 2.45) is 76.9 Å². The molecule has 2 amide bonds. The van der Waals surface area contributed by atoms with Crippen LogP contribution in [0.4, 0.5) is 0 Å². The van der Waals surface area contributed by atoms with Crippen LogP contribution in [0.15, 0.2) is 36.4 Å². The molecule has 7 aliphatic rings. The first-order chi connectivity index (χ1) is 45.3. The van der Waals surface area contributed by atoms with E-state index in [-0.39, 0.29) is 0 Å². The Morgan fingerprint density at radius 3 is 1.28 bits per heavy atom. The van der Waals surface area contributed by atoms with Gasteiger partial charge in [-0.05, 0) is 213 Å². The molecular weight excluding hydrogens is 1170 g/mol. The van der Waals surface area contributed by atoms with E-state index in [1.807, 2.05) is 53.1 Å². The highest BCUT2D eigenvalue weighted by Gasteiger charge is 2.25. The maximum absolute atomic E-state index is 11.5. The van der Waals surface area contributed by atoms with Crippen molar-refractivity contribution in [2.75, 3.05) is 111 Å². The lowest BCUT2D eigenvalue weighted by atomic mass is 9.78. The number of amides is 2. The van der Waals surface area contributed by atoms with Crippen molar-refractivity contribution in [1.29, 1.82) is 0 Å². The molecule has 6 aliphatic heterocycles. The Labute approximate surface area is 595 Å². The summed E-state index contributed by atoms with van der Waals surface area (Å²) in [7, 11) is 0. The lowest BCUT2D eigenvalue weighted by Gasteiger charge is -2.33. The fourth-order valence-electron chi connectivity index (χ4n) is 13.5. The summed E-state index contributed by atoms with van der Waals surface area (Å²) in [5.41, 5.74) is 0. The molecule has 10 nitrogen and oxygen atoms in total. The number of nitrogens with zero attached hydrogens (tertiary/aromatic N) is 4. The van der Waals surface area contributed by atoms with E-state index in [4.69, 9.17) is 4.74 Å². The van der Waals surface area contributed by atoms with E-state index in [2.05, 4.69) is 171 Å². The van der Waals surface area contributed by atoms with Gasteiger partial charge in [0.05, 0.1) is 12.7 Å². The van der Waals surface area contributed by atoms with Crippen LogP contribution in [0, 0.1) is 76.9 Å². The molecule has 3 N–H and O–H groups in total. The third-order valence-corrected chi connectivity index (χ3v) is 19.5. The van der Waals surface area contributed by atoms with Gasteiger partial charge in [0, 0.05) is 78.3 Å². The Bertz CT molecular complexity index is 1680. The average molecular weight is 1340 g/mol. The Hall–Kier alpha value is -2.08. The van der Waals surface area contributed by atoms with E-state index in [0.29, 0.717) is 30.3 Å². The summed E-state index contributed by atoms with van der Waals surface area (Å²) in [4.78, 5) is 32.1. The van der Waals surface area contributed by atoms with Gasteiger partial charge in [0.25, 0.3) is 0 Å². The molecule has 2 atom stereocenters. The summed E-state index contributed by atoms with van der Waals surface area (Å²) in [6.45, 7) is 68.8. The Morgan fingerprint density at radius 2 is 0.884 bits per heavy atom. The summed E-state index contributed by atoms with van der Waals surface area (Å²) in [6.07, 6.45) is 31.8. The van der Waals surface area contributed by atoms with Gasteiger partial charge in [-0.25, -0.2) is 0 Å². The second-order valence-electron chi connectivity index (χ2n) is 32.8. The molecule has 1 aliphatic carbocycles. The molecule has 7 fully saturated rings. The van der Waals surface area contributed by atoms with Crippen LogP contribution >= 0.6 is 0 Å². The number of carbonyl (C=O) groups is 2. The van der Waals surface area contributed by atoms with Crippen LogP contribution in [0.25, 0.3) is 0 Å². The van der Waals surface area contributed by atoms with Crippen molar-refractivity contribution in [3.05, 3.63) is 36.4 Å². The zero-order valence-corrected chi connectivity index (χ0v) is 68.1. The van der Waals surface area contributed by atoms with Crippen molar-refractivity contribution in [3.8, 4) is 0 Å². The Morgan fingerprint density at radius 1 is 0.421 bits per heavy atom. The highest BCUT2D eigenvalue weighted by Crippen LogP contribution is 2.34. The minimum absolute atomic E-state index is 0.321. The van der Waals surface area contributed by atoms with E-state index in [9.17, 15) is 9.59 Å². The van der Waals surface area contributed by atoms with Gasteiger partial charge in [-0.3, -0.25) is 9.59 Å². The number of carbonyl (C=O) groups excluding carboxylic acids is 2. The third kappa shape index (κ3) is 59.3. The predicted octanol–water partition coefficient (Wildman–Crippen LogP) is 20.9. The molecule has 1 aromatic carbocycles. The van der Waals surface area contributed by atoms with Crippen LogP contribution in [-0.4, -0.2) is 149 Å². The maximum atomic E-state index is 11.5. The van der Waals surface area contributed by atoms with E-state index in [0.717, 1.165) is 123 Å². The molecule has 6 saturated heterocycles. The second-order valence-corrected chi connectivity index (χ2v) is 32.8. The molecule has 2 unspecified atom stereocenters. The van der Waals surface area contributed by atoms with Crippen LogP contribution in [0.3, 0.4) is 0 Å². The lowest BCUT2D eigenvalue weighted by molar-refractivity contribution is -0.133. The first kappa shape index (κ1) is 95.0. The molecule has 95 heavy (non-hydrogen) atoms. The number of hydrogen-bond donors (Lipinski definition) is 3. The van der Waals surface area contributed by atoms with Gasteiger partial charge in [-0.15, -0.1) is 0 Å². The van der Waals surface area contributed by atoms with Crippen molar-refractivity contribution < 1.29 is 14.3 Å². The molecule has 10 heteroatoms. The summed E-state index contributed by atoms with van der Waals surface area (Å²) in [5.74, 6) is 12.1. The van der Waals surface area contributed by atoms with E-state index >= 15 is 0 Å². The third-order valence-electron chi connectivity index (χ3n) is 19.5. The van der Waals surface area contributed by atoms with Gasteiger partial charge >= 0.3 is 0 Å². The predicted molar refractivity (Wildman–Crippen MR) is 422 cm³/mol. The molecule has 8 rings (SSSR count). The Balaban J connectivity index is 0. The van der Waals surface area contributed by atoms with E-state index in [1.165, 1.54) is 207 Å². The minimum atomic E-state index is 0.321. The van der Waals surface area contributed by atoms with Crippen LogP contribution in [-0.2, 0) is 14.3 Å². The summed E-state index contributed by atoms with van der Waals surface area (Å²) >= 11 is 0. The number of nitrogens with one attached hydrogen (secondary N) is 3. The summed E-state index contributed by atoms with van der Waals surface area (Å²) in [5, 5.41) is 10.1. The largest absolute Gasteiger partial charge is 0.376 e. The lowest BCUT2D eigenvalue weighted by Crippen LogP contribution is -2.43. The van der Waals surface area contributed by atoms with Crippen LogP contribution in [0.2, 0.25) is 0 Å². The molecule has 564 valence electrons. The standard InChI is InChI=1S/C12H25N.C12H24.C11H21NO.C10H19NO.C9H20N2.C9H19N.C8H17NO.C6H6.C5H12.C3H8/c1-4-7-13-8-5-12(6-9-13)10-11(2)3;1-4-11-5-7-12(8-6-11)9-10(2)3;1-4-11(13)12-7-5-10(6-8-12)9(2)3;1-9(2)8-10(12)11-6-4-3-5-7-11;1-9(2)3-6-11-7-4-10-5-8-11;1-8(2)6-9-4-3-5-10-7-9;1-7(2)5-8-6-9-3-4-10-8;1-2-4-6-5-3-1;1-4-5(2)3;1-3-2/h11-12H,4-10H2,1-3H3;10-12H,4-9H2,1-3H3;9-10H,4-8H2,1-3H3;9H,3-8H2,1-2H3;9-10H,3-8H2,1-2H3;8-10H,3-7H2,1-2H3;7-9H,3-6H2,1-2H3;1-6H;5H,4H2,1-3H3;3H2,1-2H3. The molecule has 0 spiro atoms. The minimum Gasteiger partial charge on any atom is -0.376 e. The summed E-state index contributed by atoms with van der Waals surface area (Å²) < 4.78 is 5.53. The first-order valence-electron chi connectivity index (χ1n) is 41.1. The van der Waals surface area contributed by atoms with Crippen LogP contribution in [0.5, 0.6) is 0 Å². The molecule has 0 aromatic heterocycles. The zero-order chi connectivity index (χ0) is 71.6. The van der Waals surface area contributed by atoms with Crippen molar-refractivity contribution in [2.45, 2.75) is 313 Å². The smallest absolute Gasteiger partial charge is 0.222 e. The highest BCUT2D eigenvalue weighted by molar-refractivity contribution is 5.76. The number of piperazine rings is 1. The zero-order valence-electron chi connectivity index (χ0n) is 68.1. The Kier molecular flexibility index (Phi) is 64.0. The number of ether oxygens (including phenoxy) is 1. The van der Waals surface area contributed by atoms with Crippen molar-refractivity contribution in [3.63, 3.8) is 0 Å².